The molecule has 0 saturated carbocycles. The summed E-state index contributed by atoms with van der Waals surface area (Å²) in [6.45, 7) is 0.955. The van der Waals surface area contributed by atoms with Crippen molar-refractivity contribution < 1.29 is 4.52 Å². The minimum Gasteiger partial charge on any atom is -0.366 e. The lowest BCUT2D eigenvalue weighted by Gasteiger charge is -2.24. The van der Waals surface area contributed by atoms with Crippen LogP contribution >= 0.6 is 35.2 Å². The number of nitrogens with zero attached hydrogens (tertiary/aromatic N) is 2. The van der Waals surface area contributed by atoms with Crippen molar-refractivity contribution in [1.82, 2.24) is 15.4 Å². The largest absolute Gasteiger partial charge is 0.366 e. The van der Waals surface area contributed by atoms with E-state index >= 15 is 0 Å². The molecule has 7 heteroatoms. The van der Waals surface area contributed by atoms with Crippen LogP contribution in [-0.2, 0) is 0 Å². The molecule has 0 aromatic carbocycles. The fraction of sp³-hybridized carbons (Fsp3) is 0.385. The van der Waals surface area contributed by atoms with Gasteiger partial charge in [-0.15, -0.1) is 11.3 Å². The third-order valence-electron chi connectivity index (χ3n) is 3.45. The molecule has 1 atom stereocenters. The Morgan fingerprint density at radius 1 is 1.60 bits per heavy atom. The summed E-state index contributed by atoms with van der Waals surface area (Å²) in [6.07, 6.45) is 2.15. The molecular weight excluding hydrogens is 314 g/mol. The summed E-state index contributed by atoms with van der Waals surface area (Å²) in [5.41, 5.74) is 1.90. The van der Waals surface area contributed by atoms with Gasteiger partial charge in [0, 0.05) is 30.6 Å². The van der Waals surface area contributed by atoms with Gasteiger partial charge in [0.05, 0.1) is 10.4 Å². The maximum Gasteiger partial charge on any atom is 0.169 e. The van der Waals surface area contributed by atoms with Gasteiger partial charge in [0.2, 0.25) is 0 Å². The number of nitrogens with one attached hydrogen (secondary N) is 1. The molecule has 0 bridgehead atoms. The molecule has 2 aromatic rings. The highest BCUT2D eigenvalue weighted by Gasteiger charge is 2.30. The van der Waals surface area contributed by atoms with E-state index in [4.69, 9.17) is 28.3 Å². The molecule has 3 rings (SSSR count). The molecule has 0 spiro atoms. The summed E-state index contributed by atoms with van der Waals surface area (Å²) in [7, 11) is 1.85. The predicted octanol–water partition coefficient (Wildman–Crippen LogP) is 3.70. The summed E-state index contributed by atoms with van der Waals surface area (Å²) in [5.74, 6) is 0.755. The molecule has 0 unspecified atom stereocenters. The van der Waals surface area contributed by atoms with Crippen LogP contribution in [0.2, 0.25) is 4.34 Å². The van der Waals surface area contributed by atoms with E-state index in [2.05, 4.69) is 15.4 Å². The molecule has 0 aliphatic carbocycles. The predicted molar refractivity (Wildman–Crippen MR) is 85.2 cm³/mol. The standard InChI is InChI=1S/C13H14ClN3OS2/c1-15-13(19)17-4-2-3-10(17)9-6-11(18-16-9)8-5-12(14)20-7-8/h5-7,10H,2-4H2,1H3,(H,15,19)/t10-/m1/s1. The van der Waals surface area contributed by atoms with Crippen molar-refractivity contribution >= 4 is 40.3 Å². The van der Waals surface area contributed by atoms with Crippen LogP contribution in [0.25, 0.3) is 11.3 Å². The van der Waals surface area contributed by atoms with Crippen molar-refractivity contribution in [3.05, 3.63) is 27.5 Å². The molecule has 106 valence electrons. The van der Waals surface area contributed by atoms with Gasteiger partial charge >= 0.3 is 0 Å². The van der Waals surface area contributed by atoms with E-state index in [9.17, 15) is 0 Å². The van der Waals surface area contributed by atoms with Gasteiger partial charge in [-0.1, -0.05) is 16.8 Å². The maximum atomic E-state index is 5.95. The highest BCUT2D eigenvalue weighted by atomic mass is 35.5. The highest BCUT2D eigenvalue weighted by Crippen LogP contribution is 2.35. The van der Waals surface area contributed by atoms with Crippen LogP contribution in [0, 0.1) is 0 Å². The van der Waals surface area contributed by atoms with Gasteiger partial charge in [0.15, 0.2) is 10.9 Å². The lowest BCUT2D eigenvalue weighted by Crippen LogP contribution is -2.37. The second kappa shape index (κ2) is 5.71. The summed E-state index contributed by atoms with van der Waals surface area (Å²) in [6, 6.07) is 4.07. The van der Waals surface area contributed by atoms with E-state index in [-0.39, 0.29) is 6.04 Å². The van der Waals surface area contributed by atoms with Crippen molar-refractivity contribution in [3.8, 4) is 11.3 Å². The van der Waals surface area contributed by atoms with E-state index in [0.29, 0.717) is 0 Å². The molecular formula is C13H14ClN3OS2. The summed E-state index contributed by atoms with van der Waals surface area (Å²) < 4.78 is 6.19. The Hall–Kier alpha value is -1.11. The van der Waals surface area contributed by atoms with Crippen LogP contribution in [0.1, 0.15) is 24.6 Å². The Labute approximate surface area is 131 Å². The Bertz CT molecular complexity index is 625. The molecule has 1 aliphatic heterocycles. The Morgan fingerprint density at radius 2 is 2.45 bits per heavy atom. The smallest absolute Gasteiger partial charge is 0.169 e. The first-order chi connectivity index (χ1) is 9.69. The number of hydrogen-bond donors (Lipinski definition) is 1. The van der Waals surface area contributed by atoms with Crippen LogP contribution in [0.15, 0.2) is 22.0 Å². The number of rotatable bonds is 2. The summed E-state index contributed by atoms with van der Waals surface area (Å²) in [4.78, 5) is 2.16. The van der Waals surface area contributed by atoms with Crippen molar-refractivity contribution in [2.75, 3.05) is 13.6 Å². The zero-order valence-electron chi connectivity index (χ0n) is 10.9. The van der Waals surface area contributed by atoms with Crippen molar-refractivity contribution in [3.63, 3.8) is 0 Å². The fourth-order valence-electron chi connectivity index (χ4n) is 2.48. The fourth-order valence-corrected chi connectivity index (χ4v) is 3.57. The molecule has 2 aromatic heterocycles. The van der Waals surface area contributed by atoms with E-state index in [1.54, 1.807) is 0 Å². The Kier molecular flexibility index (Phi) is 3.96. The average Bonchev–Trinajstić information content (AvgIpc) is 3.16. The van der Waals surface area contributed by atoms with Gasteiger partial charge in [0.1, 0.15) is 5.69 Å². The number of halogens is 1. The Morgan fingerprint density at radius 3 is 3.15 bits per heavy atom. The molecule has 1 saturated heterocycles. The van der Waals surface area contributed by atoms with Gasteiger partial charge in [-0.3, -0.25) is 0 Å². The first-order valence-corrected chi connectivity index (χ1v) is 8.05. The molecule has 0 amide bonds. The second-order valence-electron chi connectivity index (χ2n) is 4.66. The lowest BCUT2D eigenvalue weighted by atomic mass is 10.1. The van der Waals surface area contributed by atoms with Crippen LogP contribution in [0.5, 0.6) is 0 Å². The first kappa shape index (κ1) is 13.9. The number of hydrogen-bond acceptors (Lipinski definition) is 4. The van der Waals surface area contributed by atoms with Gasteiger partial charge < -0.3 is 14.7 Å². The Balaban J connectivity index is 1.84. The molecule has 1 fully saturated rings. The number of aromatic nitrogens is 1. The minimum atomic E-state index is 0.196. The van der Waals surface area contributed by atoms with Crippen LogP contribution in [-0.4, -0.2) is 28.8 Å². The summed E-state index contributed by atoms with van der Waals surface area (Å²) >= 11 is 12.8. The molecule has 1 aliphatic rings. The monoisotopic (exact) mass is 327 g/mol. The van der Waals surface area contributed by atoms with Gasteiger partial charge in [-0.05, 0) is 31.1 Å². The topological polar surface area (TPSA) is 41.3 Å². The number of likely N-dealkylation sites (tertiary alicyclic amines) is 1. The van der Waals surface area contributed by atoms with E-state index in [1.807, 2.05) is 24.6 Å². The van der Waals surface area contributed by atoms with E-state index in [1.165, 1.54) is 11.3 Å². The van der Waals surface area contributed by atoms with E-state index < -0.39 is 0 Å². The third-order valence-corrected chi connectivity index (χ3v) is 4.98. The van der Waals surface area contributed by atoms with Gasteiger partial charge in [0.25, 0.3) is 0 Å². The van der Waals surface area contributed by atoms with Crippen LogP contribution in [0.4, 0.5) is 0 Å². The molecule has 1 N–H and O–H groups in total. The van der Waals surface area contributed by atoms with Gasteiger partial charge in [-0.25, -0.2) is 0 Å². The molecule has 20 heavy (non-hydrogen) atoms. The van der Waals surface area contributed by atoms with Gasteiger partial charge in [-0.2, -0.15) is 0 Å². The maximum absolute atomic E-state index is 5.95. The van der Waals surface area contributed by atoms with E-state index in [0.717, 1.165) is 45.9 Å². The molecule has 4 nitrogen and oxygen atoms in total. The number of thiophene rings is 1. The van der Waals surface area contributed by atoms with Crippen molar-refractivity contribution in [2.24, 2.45) is 0 Å². The summed E-state index contributed by atoms with van der Waals surface area (Å²) in [5, 5.41) is 9.97. The second-order valence-corrected chi connectivity index (χ2v) is 6.59. The molecule has 3 heterocycles. The third kappa shape index (κ3) is 2.55. The van der Waals surface area contributed by atoms with Crippen molar-refractivity contribution in [1.29, 1.82) is 0 Å². The number of thiocarbonyl (C=S) groups is 1. The average molecular weight is 328 g/mol. The highest BCUT2D eigenvalue weighted by molar-refractivity contribution is 7.80. The normalized spacial score (nSPS) is 18.5. The SMILES string of the molecule is CNC(=S)N1CCC[C@@H]1c1cc(-c2csc(Cl)c2)on1. The first-order valence-electron chi connectivity index (χ1n) is 6.38. The van der Waals surface area contributed by atoms with Crippen LogP contribution < -0.4 is 5.32 Å². The van der Waals surface area contributed by atoms with Crippen molar-refractivity contribution in [2.45, 2.75) is 18.9 Å². The zero-order chi connectivity index (χ0) is 14.1. The lowest BCUT2D eigenvalue weighted by molar-refractivity contribution is 0.356. The quantitative estimate of drug-likeness (QED) is 0.852. The molecule has 0 radical (unpaired) electrons. The van der Waals surface area contributed by atoms with Crippen LogP contribution in [0.3, 0.4) is 0 Å². The zero-order valence-corrected chi connectivity index (χ0v) is 13.3. The minimum absolute atomic E-state index is 0.196.